The van der Waals surface area contributed by atoms with E-state index in [2.05, 4.69) is 15.6 Å². The van der Waals surface area contributed by atoms with E-state index >= 15 is 0 Å². The van der Waals surface area contributed by atoms with E-state index in [1.807, 2.05) is 12.3 Å². The van der Waals surface area contributed by atoms with Crippen molar-refractivity contribution in [2.75, 3.05) is 6.61 Å². The molecule has 22 heavy (non-hydrogen) atoms. The zero-order valence-corrected chi connectivity index (χ0v) is 13.9. The minimum absolute atomic E-state index is 0.0369. The highest BCUT2D eigenvalue weighted by Crippen LogP contribution is 2.41. The van der Waals surface area contributed by atoms with Crippen LogP contribution in [0.5, 0.6) is 0 Å². The SMILES string of the molecule is Cc1csc(C(NC(=O)NC2CCCCC2CO)C2CC2)n1. The number of carbonyl (C=O) groups is 1. The molecule has 3 atom stereocenters. The number of aryl methyl sites for hydroxylation is 1. The second-order valence-corrected chi connectivity index (χ2v) is 7.48. The predicted molar refractivity (Wildman–Crippen MR) is 86.8 cm³/mol. The molecule has 2 aliphatic carbocycles. The molecule has 6 heteroatoms. The third kappa shape index (κ3) is 3.79. The second kappa shape index (κ2) is 6.96. The van der Waals surface area contributed by atoms with Crippen molar-refractivity contribution >= 4 is 17.4 Å². The van der Waals surface area contributed by atoms with E-state index in [0.29, 0.717) is 5.92 Å². The zero-order chi connectivity index (χ0) is 15.5. The molecular formula is C16H25N3O2S. The fourth-order valence-corrected chi connectivity index (χ4v) is 4.23. The van der Waals surface area contributed by atoms with E-state index in [-0.39, 0.29) is 30.6 Å². The first kappa shape index (κ1) is 15.7. The number of amides is 2. The van der Waals surface area contributed by atoms with Crippen LogP contribution >= 0.6 is 11.3 Å². The Morgan fingerprint density at radius 3 is 2.82 bits per heavy atom. The molecular weight excluding hydrogens is 298 g/mol. The van der Waals surface area contributed by atoms with Crippen molar-refractivity contribution in [3.63, 3.8) is 0 Å². The fourth-order valence-electron chi connectivity index (χ4n) is 3.29. The van der Waals surface area contributed by atoms with Crippen molar-refractivity contribution in [3.8, 4) is 0 Å². The highest BCUT2D eigenvalue weighted by atomic mass is 32.1. The van der Waals surface area contributed by atoms with Crippen molar-refractivity contribution in [3.05, 3.63) is 16.1 Å². The number of hydrogen-bond acceptors (Lipinski definition) is 4. The molecule has 2 fully saturated rings. The Kier molecular flexibility index (Phi) is 4.98. The van der Waals surface area contributed by atoms with Crippen LogP contribution in [0, 0.1) is 18.8 Å². The van der Waals surface area contributed by atoms with E-state index < -0.39 is 0 Å². The Labute approximate surface area is 135 Å². The van der Waals surface area contributed by atoms with Gasteiger partial charge in [0.2, 0.25) is 0 Å². The van der Waals surface area contributed by atoms with Gasteiger partial charge in [-0.3, -0.25) is 0 Å². The van der Waals surface area contributed by atoms with E-state index in [9.17, 15) is 9.90 Å². The summed E-state index contributed by atoms with van der Waals surface area (Å²) in [5.41, 5.74) is 1.01. The van der Waals surface area contributed by atoms with Crippen LogP contribution in [-0.2, 0) is 0 Å². The van der Waals surface area contributed by atoms with Gasteiger partial charge in [-0.2, -0.15) is 0 Å². The third-order valence-electron chi connectivity index (χ3n) is 4.74. The molecule has 122 valence electrons. The smallest absolute Gasteiger partial charge is 0.315 e. The van der Waals surface area contributed by atoms with Crippen LogP contribution in [0.25, 0.3) is 0 Å². The minimum atomic E-state index is -0.116. The van der Waals surface area contributed by atoms with Crippen molar-refractivity contribution < 1.29 is 9.90 Å². The number of aliphatic hydroxyl groups is 1. The fraction of sp³-hybridized carbons (Fsp3) is 0.750. The Hall–Kier alpha value is -1.14. The van der Waals surface area contributed by atoms with E-state index in [1.54, 1.807) is 11.3 Å². The van der Waals surface area contributed by atoms with Crippen molar-refractivity contribution in [2.24, 2.45) is 11.8 Å². The molecule has 0 bridgehead atoms. The van der Waals surface area contributed by atoms with Gasteiger partial charge in [0.05, 0.1) is 6.04 Å². The number of nitrogens with one attached hydrogen (secondary N) is 2. The van der Waals surface area contributed by atoms with Gasteiger partial charge in [-0.15, -0.1) is 11.3 Å². The molecule has 0 radical (unpaired) electrons. The van der Waals surface area contributed by atoms with Gasteiger partial charge in [0.25, 0.3) is 0 Å². The Bertz CT molecular complexity index is 515. The van der Waals surface area contributed by atoms with Crippen LogP contribution in [0.15, 0.2) is 5.38 Å². The molecule has 1 heterocycles. The Morgan fingerprint density at radius 2 is 2.18 bits per heavy atom. The molecule has 3 rings (SSSR count). The molecule has 5 nitrogen and oxygen atoms in total. The van der Waals surface area contributed by atoms with Crippen LogP contribution < -0.4 is 10.6 Å². The van der Waals surface area contributed by atoms with Crippen LogP contribution in [0.4, 0.5) is 4.79 Å². The van der Waals surface area contributed by atoms with Crippen molar-refractivity contribution in [1.29, 1.82) is 0 Å². The quantitative estimate of drug-likeness (QED) is 0.780. The lowest BCUT2D eigenvalue weighted by atomic mass is 9.85. The van der Waals surface area contributed by atoms with Gasteiger partial charge in [0.1, 0.15) is 5.01 Å². The average Bonchev–Trinajstić information content (AvgIpc) is 3.27. The summed E-state index contributed by atoms with van der Waals surface area (Å²) in [4.78, 5) is 16.9. The lowest BCUT2D eigenvalue weighted by Crippen LogP contribution is -2.48. The summed E-state index contributed by atoms with van der Waals surface area (Å²) in [6.45, 7) is 2.14. The molecule has 2 saturated carbocycles. The van der Waals surface area contributed by atoms with Crippen LogP contribution in [0.3, 0.4) is 0 Å². The first-order chi connectivity index (χ1) is 10.7. The summed E-state index contributed by atoms with van der Waals surface area (Å²) in [7, 11) is 0. The Balaban J connectivity index is 1.59. The summed E-state index contributed by atoms with van der Waals surface area (Å²) >= 11 is 1.63. The van der Waals surface area contributed by atoms with Crippen LogP contribution in [0.2, 0.25) is 0 Å². The summed E-state index contributed by atoms with van der Waals surface area (Å²) < 4.78 is 0. The van der Waals surface area contributed by atoms with Gasteiger partial charge in [-0.05, 0) is 38.5 Å². The van der Waals surface area contributed by atoms with Gasteiger partial charge >= 0.3 is 6.03 Å². The highest BCUT2D eigenvalue weighted by molar-refractivity contribution is 7.09. The van der Waals surface area contributed by atoms with E-state index in [4.69, 9.17) is 0 Å². The maximum Gasteiger partial charge on any atom is 0.315 e. The van der Waals surface area contributed by atoms with Gasteiger partial charge < -0.3 is 15.7 Å². The normalized spacial score (nSPS) is 26.5. The van der Waals surface area contributed by atoms with Gasteiger partial charge in [0.15, 0.2) is 0 Å². The molecule has 2 aliphatic rings. The number of aliphatic hydroxyl groups excluding tert-OH is 1. The summed E-state index contributed by atoms with van der Waals surface area (Å²) in [6, 6.07) is 0.0154. The summed E-state index contributed by atoms with van der Waals surface area (Å²) in [5.74, 6) is 0.720. The number of aromatic nitrogens is 1. The first-order valence-corrected chi connectivity index (χ1v) is 9.15. The van der Waals surface area contributed by atoms with Crippen LogP contribution in [-0.4, -0.2) is 28.8 Å². The molecule has 3 unspecified atom stereocenters. The molecule has 0 aliphatic heterocycles. The molecule has 0 spiro atoms. The average molecular weight is 323 g/mol. The molecule has 3 N–H and O–H groups in total. The highest BCUT2D eigenvalue weighted by Gasteiger charge is 2.36. The summed E-state index contributed by atoms with van der Waals surface area (Å²) in [5, 5.41) is 18.7. The lowest BCUT2D eigenvalue weighted by Gasteiger charge is -2.31. The third-order valence-corrected chi connectivity index (χ3v) is 5.79. The van der Waals surface area contributed by atoms with Gasteiger partial charge in [0, 0.05) is 29.6 Å². The molecule has 1 aromatic heterocycles. The van der Waals surface area contributed by atoms with E-state index in [1.165, 1.54) is 0 Å². The van der Waals surface area contributed by atoms with Crippen LogP contribution in [0.1, 0.15) is 55.3 Å². The molecule has 2 amide bonds. The lowest BCUT2D eigenvalue weighted by molar-refractivity contribution is 0.153. The first-order valence-electron chi connectivity index (χ1n) is 8.27. The predicted octanol–water partition coefficient (Wildman–Crippen LogP) is 2.75. The van der Waals surface area contributed by atoms with Crippen molar-refractivity contribution in [2.45, 2.75) is 57.5 Å². The maximum absolute atomic E-state index is 12.4. The topological polar surface area (TPSA) is 74.2 Å². The number of nitrogens with zero attached hydrogens (tertiary/aromatic N) is 1. The molecule has 1 aromatic rings. The van der Waals surface area contributed by atoms with E-state index in [0.717, 1.165) is 49.2 Å². The van der Waals surface area contributed by atoms with Gasteiger partial charge in [-0.1, -0.05) is 12.8 Å². The Morgan fingerprint density at radius 1 is 1.41 bits per heavy atom. The standard InChI is InChI=1S/C16H25N3O2S/c1-10-9-22-15(17-10)14(11-6-7-11)19-16(21)18-13-5-3-2-4-12(13)8-20/h9,11-14,20H,2-8H2,1H3,(H2,18,19,21). The molecule has 0 saturated heterocycles. The number of urea groups is 1. The minimum Gasteiger partial charge on any atom is -0.396 e. The maximum atomic E-state index is 12.4. The largest absolute Gasteiger partial charge is 0.396 e. The zero-order valence-electron chi connectivity index (χ0n) is 13.0. The van der Waals surface area contributed by atoms with Crippen molar-refractivity contribution in [1.82, 2.24) is 15.6 Å². The second-order valence-electron chi connectivity index (χ2n) is 6.59. The van der Waals surface area contributed by atoms with Gasteiger partial charge in [-0.25, -0.2) is 9.78 Å². The number of rotatable bonds is 5. The monoisotopic (exact) mass is 323 g/mol. The number of carbonyl (C=O) groups excluding carboxylic acids is 1. The molecule has 0 aromatic carbocycles. The summed E-state index contributed by atoms with van der Waals surface area (Å²) in [6.07, 6.45) is 6.55. The number of hydrogen-bond donors (Lipinski definition) is 3. The number of thiazole rings is 1.